The van der Waals surface area contributed by atoms with Crippen molar-refractivity contribution in [3.8, 4) is 5.75 Å². The van der Waals surface area contributed by atoms with E-state index in [0.29, 0.717) is 28.6 Å². The van der Waals surface area contributed by atoms with Crippen molar-refractivity contribution in [3.05, 3.63) is 53.1 Å². The molecular formula is C18H21ClN2O2. The van der Waals surface area contributed by atoms with Crippen LogP contribution in [0.3, 0.4) is 0 Å². The molecule has 0 unspecified atom stereocenters. The number of hydrogen-bond acceptors (Lipinski definition) is 3. The van der Waals surface area contributed by atoms with E-state index in [1.807, 2.05) is 0 Å². The number of benzene rings is 2. The smallest absolute Gasteiger partial charge is 0.255 e. The molecule has 2 aromatic carbocycles. The van der Waals surface area contributed by atoms with Gasteiger partial charge in [0, 0.05) is 11.3 Å². The van der Waals surface area contributed by atoms with Crippen LogP contribution in [0.25, 0.3) is 0 Å². The number of unbranched alkanes of at least 4 members (excludes halogenated alkanes) is 2. The quantitative estimate of drug-likeness (QED) is 0.568. The monoisotopic (exact) mass is 332 g/mol. The Bertz CT molecular complexity index is 657. The summed E-state index contributed by atoms with van der Waals surface area (Å²) in [4.78, 5) is 12.2. The molecule has 23 heavy (non-hydrogen) atoms. The van der Waals surface area contributed by atoms with Gasteiger partial charge in [-0.15, -0.1) is 0 Å². The fourth-order valence-corrected chi connectivity index (χ4v) is 2.19. The van der Waals surface area contributed by atoms with Crippen molar-refractivity contribution in [2.24, 2.45) is 0 Å². The molecule has 0 aromatic heterocycles. The first-order valence-corrected chi connectivity index (χ1v) is 8.07. The van der Waals surface area contributed by atoms with Crippen LogP contribution in [0.4, 0.5) is 11.4 Å². The van der Waals surface area contributed by atoms with Crippen LogP contribution in [-0.4, -0.2) is 12.5 Å². The number of nitrogen functional groups attached to an aromatic ring is 1. The molecule has 0 saturated carbocycles. The van der Waals surface area contributed by atoms with Crippen molar-refractivity contribution in [1.29, 1.82) is 0 Å². The summed E-state index contributed by atoms with van der Waals surface area (Å²) in [5, 5.41) is 3.25. The van der Waals surface area contributed by atoms with Crippen LogP contribution in [-0.2, 0) is 0 Å². The van der Waals surface area contributed by atoms with Crippen molar-refractivity contribution in [2.75, 3.05) is 17.7 Å². The first-order chi connectivity index (χ1) is 11.1. The maximum absolute atomic E-state index is 12.2. The highest BCUT2D eigenvalue weighted by atomic mass is 35.5. The molecule has 0 spiro atoms. The van der Waals surface area contributed by atoms with Crippen LogP contribution in [0.15, 0.2) is 42.5 Å². The van der Waals surface area contributed by atoms with Crippen molar-refractivity contribution >= 4 is 28.9 Å². The summed E-state index contributed by atoms with van der Waals surface area (Å²) in [5.41, 5.74) is 7.32. The predicted octanol–water partition coefficient (Wildman–Crippen LogP) is 4.74. The zero-order chi connectivity index (χ0) is 16.7. The summed E-state index contributed by atoms with van der Waals surface area (Å²) < 4.78 is 5.63. The third kappa shape index (κ3) is 5.18. The Balaban J connectivity index is 1.93. The summed E-state index contributed by atoms with van der Waals surface area (Å²) in [5.74, 6) is 0.567. The predicted molar refractivity (Wildman–Crippen MR) is 95.3 cm³/mol. The molecule has 4 nitrogen and oxygen atoms in total. The van der Waals surface area contributed by atoms with Gasteiger partial charge in [-0.25, -0.2) is 0 Å². The van der Waals surface area contributed by atoms with Crippen molar-refractivity contribution < 1.29 is 9.53 Å². The maximum Gasteiger partial charge on any atom is 0.255 e. The van der Waals surface area contributed by atoms with E-state index in [2.05, 4.69) is 12.2 Å². The Morgan fingerprint density at radius 3 is 2.57 bits per heavy atom. The van der Waals surface area contributed by atoms with E-state index in [4.69, 9.17) is 22.1 Å². The molecule has 3 N–H and O–H groups in total. The Morgan fingerprint density at radius 1 is 1.17 bits per heavy atom. The molecule has 0 bridgehead atoms. The largest absolute Gasteiger partial charge is 0.494 e. The number of rotatable bonds is 7. The molecule has 2 aromatic rings. The average Bonchev–Trinajstić information content (AvgIpc) is 2.55. The van der Waals surface area contributed by atoms with Crippen LogP contribution >= 0.6 is 11.6 Å². The molecule has 122 valence electrons. The second kappa shape index (κ2) is 8.44. The van der Waals surface area contributed by atoms with Crippen LogP contribution in [0.5, 0.6) is 5.75 Å². The van der Waals surface area contributed by atoms with Gasteiger partial charge in [0.1, 0.15) is 5.75 Å². The van der Waals surface area contributed by atoms with Gasteiger partial charge in [0.25, 0.3) is 5.91 Å². The molecular weight excluding hydrogens is 312 g/mol. The highest BCUT2D eigenvalue weighted by Gasteiger charge is 2.07. The van der Waals surface area contributed by atoms with Crippen LogP contribution in [0.2, 0.25) is 5.02 Å². The van der Waals surface area contributed by atoms with Gasteiger partial charge in [0.05, 0.1) is 17.3 Å². The Morgan fingerprint density at radius 2 is 1.91 bits per heavy atom. The van der Waals surface area contributed by atoms with Gasteiger partial charge < -0.3 is 15.8 Å². The highest BCUT2D eigenvalue weighted by Crippen LogP contribution is 2.23. The molecule has 0 heterocycles. The molecule has 0 aliphatic heterocycles. The molecule has 1 amide bonds. The van der Waals surface area contributed by atoms with Crippen LogP contribution in [0.1, 0.15) is 36.5 Å². The highest BCUT2D eigenvalue weighted by molar-refractivity contribution is 6.33. The summed E-state index contributed by atoms with van der Waals surface area (Å²) in [6.45, 7) is 2.85. The van der Waals surface area contributed by atoms with Gasteiger partial charge in [-0.3, -0.25) is 4.79 Å². The Labute approximate surface area is 141 Å². The van der Waals surface area contributed by atoms with Gasteiger partial charge in [0.15, 0.2) is 0 Å². The van der Waals surface area contributed by atoms with Crippen molar-refractivity contribution in [2.45, 2.75) is 26.2 Å². The van der Waals surface area contributed by atoms with E-state index < -0.39 is 0 Å². The molecule has 0 saturated heterocycles. The summed E-state index contributed by atoms with van der Waals surface area (Å²) in [6, 6.07) is 12.1. The van der Waals surface area contributed by atoms with Crippen LogP contribution in [0, 0.1) is 0 Å². The van der Waals surface area contributed by atoms with E-state index in [0.717, 1.165) is 25.0 Å². The number of carbonyl (C=O) groups is 1. The first kappa shape index (κ1) is 17.2. The normalized spacial score (nSPS) is 10.3. The first-order valence-electron chi connectivity index (χ1n) is 7.69. The molecule has 0 radical (unpaired) electrons. The lowest BCUT2D eigenvalue weighted by Gasteiger charge is -2.08. The topological polar surface area (TPSA) is 64.3 Å². The lowest BCUT2D eigenvalue weighted by Crippen LogP contribution is -2.12. The number of hydrogen-bond donors (Lipinski definition) is 2. The van der Waals surface area contributed by atoms with E-state index in [1.165, 1.54) is 0 Å². The second-order valence-electron chi connectivity index (χ2n) is 5.27. The van der Waals surface area contributed by atoms with Gasteiger partial charge in [0.2, 0.25) is 0 Å². The number of ether oxygens (including phenoxy) is 1. The second-order valence-corrected chi connectivity index (χ2v) is 5.68. The minimum absolute atomic E-state index is 0.204. The van der Waals surface area contributed by atoms with Gasteiger partial charge in [-0.1, -0.05) is 31.4 Å². The molecule has 5 heteroatoms. The Kier molecular flexibility index (Phi) is 6.29. The van der Waals surface area contributed by atoms with E-state index in [-0.39, 0.29) is 5.91 Å². The van der Waals surface area contributed by atoms with Crippen molar-refractivity contribution in [3.63, 3.8) is 0 Å². The number of anilines is 2. The number of nitrogens with one attached hydrogen (secondary N) is 1. The SMILES string of the molecule is CCCCCOc1ccc(C(=O)Nc2ccc(Cl)c(N)c2)cc1. The number of amides is 1. The zero-order valence-electron chi connectivity index (χ0n) is 13.1. The number of nitrogens with two attached hydrogens (primary N) is 1. The zero-order valence-corrected chi connectivity index (χ0v) is 13.9. The molecule has 0 atom stereocenters. The fraction of sp³-hybridized carbons (Fsp3) is 0.278. The molecule has 2 rings (SSSR count). The average molecular weight is 333 g/mol. The van der Waals surface area contributed by atoms with Crippen molar-refractivity contribution in [1.82, 2.24) is 0 Å². The van der Waals surface area contributed by atoms with E-state index in [9.17, 15) is 4.79 Å². The van der Waals surface area contributed by atoms with E-state index >= 15 is 0 Å². The number of halogens is 1. The third-order valence-electron chi connectivity index (χ3n) is 3.39. The summed E-state index contributed by atoms with van der Waals surface area (Å²) in [6.07, 6.45) is 3.36. The number of carbonyl (C=O) groups excluding carboxylic acids is 1. The third-order valence-corrected chi connectivity index (χ3v) is 3.73. The summed E-state index contributed by atoms with van der Waals surface area (Å²) in [7, 11) is 0. The summed E-state index contributed by atoms with van der Waals surface area (Å²) >= 11 is 5.86. The minimum atomic E-state index is -0.204. The van der Waals surface area contributed by atoms with Gasteiger partial charge in [-0.2, -0.15) is 0 Å². The lowest BCUT2D eigenvalue weighted by molar-refractivity contribution is 0.102. The standard InChI is InChI=1S/C18H21ClN2O2/c1-2-3-4-11-23-15-8-5-13(6-9-15)18(22)21-14-7-10-16(19)17(20)12-14/h5-10,12H,2-4,11,20H2,1H3,(H,21,22). The lowest BCUT2D eigenvalue weighted by atomic mass is 10.2. The molecule has 0 aliphatic carbocycles. The van der Waals surface area contributed by atoms with Crippen LogP contribution < -0.4 is 15.8 Å². The molecule has 0 aliphatic rings. The van der Waals surface area contributed by atoms with E-state index in [1.54, 1.807) is 42.5 Å². The minimum Gasteiger partial charge on any atom is -0.494 e. The fourth-order valence-electron chi connectivity index (χ4n) is 2.07. The molecule has 0 fully saturated rings. The Hall–Kier alpha value is -2.20. The van der Waals surface area contributed by atoms with Gasteiger partial charge >= 0.3 is 0 Å². The maximum atomic E-state index is 12.2. The van der Waals surface area contributed by atoms with Gasteiger partial charge in [-0.05, 0) is 48.9 Å².